The average Bonchev–Trinajstić information content (AvgIpc) is 3.34. The summed E-state index contributed by atoms with van der Waals surface area (Å²) in [5.41, 5.74) is 2.04. The summed E-state index contributed by atoms with van der Waals surface area (Å²) in [7, 11) is 0. The van der Waals surface area contributed by atoms with Crippen molar-refractivity contribution in [2.45, 2.75) is 25.4 Å². The van der Waals surface area contributed by atoms with Gasteiger partial charge in [-0.15, -0.1) is 11.3 Å². The predicted octanol–water partition coefficient (Wildman–Crippen LogP) is 5.12. The summed E-state index contributed by atoms with van der Waals surface area (Å²) in [5, 5.41) is 10.1. The van der Waals surface area contributed by atoms with E-state index in [9.17, 15) is 9.59 Å². The van der Waals surface area contributed by atoms with Crippen molar-refractivity contribution in [1.82, 2.24) is 10.6 Å². The lowest BCUT2D eigenvalue weighted by molar-refractivity contribution is -0.123. The number of hydrogen-bond donors (Lipinski definition) is 2. The molecule has 3 aromatic carbocycles. The van der Waals surface area contributed by atoms with E-state index in [4.69, 9.17) is 0 Å². The summed E-state index contributed by atoms with van der Waals surface area (Å²) in [6.45, 7) is 1.97. The normalized spacial score (nSPS) is 12.8. The minimum absolute atomic E-state index is 0.199. The zero-order chi connectivity index (χ0) is 21.6. The average molecular weight is 429 g/mol. The van der Waals surface area contributed by atoms with Gasteiger partial charge in [-0.3, -0.25) is 9.59 Å². The molecule has 0 saturated carbocycles. The topological polar surface area (TPSA) is 58.2 Å². The molecule has 156 valence electrons. The molecule has 0 fully saturated rings. The van der Waals surface area contributed by atoms with E-state index in [1.54, 1.807) is 6.07 Å². The van der Waals surface area contributed by atoms with E-state index in [0.717, 1.165) is 21.9 Å². The Hall–Kier alpha value is -3.44. The highest BCUT2D eigenvalue weighted by Crippen LogP contribution is 2.24. The third kappa shape index (κ3) is 5.01. The Morgan fingerprint density at radius 1 is 0.839 bits per heavy atom. The molecule has 4 nitrogen and oxygen atoms in total. The molecule has 0 aliphatic heterocycles. The van der Waals surface area contributed by atoms with E-state index in [2.05, 4.69) is 28.8 Å². The summed E-state index contributed by atoms with van der Waals surface area (Å²) in [4.78, 5) is 26.5. The van der Waals surface area contributed by atoms with Gasteiger partial charge in [0.2, 0.25) is 5.91 Å². The fourth-order valence-corrected chi connectivity index (χ4v) is 4.34. The molecule has 2 amide bonds. The molecule has 0 radical (unpaired) electrons. The molecule has 0 saturated heterocycles. The van der Waals surface area contributed by atoms with Crippen LogP contribution in [-0.4, -0.2) is 17.9 Å². The van der Waals surface area contributed by atoms with Crippen molar-refractivity contribution in [3.05, 3.63) is 106 Å². The number of amides is 2. The van der Waals surface area contributed by atoms with Crippen LogP contribution in [0.5, 0.6) is 0 Å². The van der Waals surface area contributed by atoms with Crippen molar-refractivity contribution < 1.29 is 9.59 Å². The highest BCUT2D eigenvalue weighted by molar-refractivity contribution is 7.12. The Morgan fingerprint density at radius 3 is 2.35 bits per heavy atom. The highest BCUT2D eigenvalue weighted by Gasteiger charge is 2.24. The Bertz CT molecular complexity index is 1170. The summed E-state index contributed by atoms with van der Waals surface area (Å²) in [6.07, 6.45) is 0.423. The minimum atomic E-state index is -0.672. The van der Waals surface area contributed by atoms with Gasteiger partial charge in [0.15, 0.2) is 0 Å². The number of nitrogens with one attached hydrogen (secondary N) is 2. The first-order valence-corrected chi connectivity index (χ1v) is 11.2. The van der Waals surface area contributed by atoms with Crippen LogP contribution in [-0.2, 0) is 11.2 Å². The van der Waals surface area contributed by atoms with Crippen LogP contribution in [0.15, 0.2) is 90.3 Å². The molecule has 2 N–H and O–H groups in total. The third-order valence-corrected chi connectivity index (χ3v) is 6.17. The standard InChI is InChI=1S/C26H24N2O2S/c1-18(21-14-7-12-20-11-5-6-13-22(20)21)27-25(29)23(17-19-9-3-2-4-10-19)28-26(30)24-15-8-16-31-24/h2-16,18,23H,17H2,1H3,(H,27,29)(H,28,30). The summed E-state index contributed by atoms with van der Waals surface area (Å²) >= 11 is 1.36. The monoisotopic (exact) mass is 428 g/mol. The van der Waals surface area contributed by atoms with E-state index >= 15 is 0 Å². The fourth-order valence-electron chi connectivity index (χ4n) is 3.72. The lowest BCUT2D eigenvalue weighted by atomic mass is 9.99. The number of thiophene rings is 1. The molecule has 4 aromatic rings. The summed E-state index contributed by atoms with van der Waals surface area (Å²) < 4.78 is 0. The van der Waals surface area contributed by atoms with Crippen molar-refractivity contribution in [3.63, 3.8) is 0 Å². The second kappa shape index (κ2) is 9.58. The van der Waals surface area contributed by atoms with Crippen LogP contribution in [0.4, 0.5) is 0 Å². The number of fused-ring (bicyclic) bond motifs is 1. The summed E-state index contributed by atoms with van der Waals surface area (Å²) in [6, 6.07) is 26.7. The van der Waals surface area contributed by atoms with Crippen LogP contribution >= 0.6 is 11.3 Å². The molecule has 1 heterocycles. The maximum absolute atomic E-state index is 13.3. The zero-order valence-corrected chi connectivity index (χ0v) is 18.1. The SMILES string of the molecule is CC(NC(=O)C(Cc1ccccc1)NC(=O)c1cccs1)c1cccc2ccccc12. The Morgan fingerprint density at radius 2 is 1.58 bits per heavy atom. The van der Waals surface area contributed by atoms with Gasteiger partial charge in [-0.05, 0) is 40.3 Å². The molecule has 0 aliphatic rings. The molecular weight excluding hydrogens is 404 g/mol. The van der Waals surface area contributed by atoms with E-state index < -0.39 is 6.04 Å². The second-order valence-electron chi connectivity index (χ2n) is 7.49. The van der Waals surface area contributed by atoms with Gasteiger partial charge in [0, 0.05) is 6.42 Å². The first-order chi connectivity index (χ1) is 15.1. The van der Waals surface area contributed by atoms with E-state index in [1.807, 2.05) is 73.0 Å². The lowest BCUT2D eigenvalue weighted by Gasteiger charge is -2.22. The van der Waals surface area contributed by atoms with Crippen molar-refractivity contribution in [2.24, 2.45) is 0 Å². The van der Waals surface area contributed by atoms with E-state index in [1.165, 1.54) is 11.3 Å². The molecule has 4 rings (SSSR count). The van der Waals surface area contributed by atoms with Crippen molar-refractivity contribution >= 4 is 33.9 Å². The molecule has 31 heavy (non-hydrogen) atoms. The predicted molar refractivity (Wildman–Crippen MR) is 126 cm³/mol. The molecule has 0 aliphatic carbocycles. The fraction of sp³-hybridized carbons (Fsp3) is 0.154. The van der Waals surface area contributed by atoms with Crippen LogP contribution in [0, 0.1) is 0 Å². The molecular formula is C26H24N2O2S. The van der Waals surface area contributed by atoms with Crippen LogP contribution in [0.2, 0.25) is 0 Å². The smallest absolute Gasteiger partial charge is 0.262 e. The van der Waals surface area contributed by atoms with Gasteiger partial charge in [0.1, 0.15) is 6.04 Å². The maximum Gasteiger partial charge on any atom is 0.262 e. The zero-order valence-electron chi connectivity index (χ0n) is 17.2. The molecule has 0 spiro atoms. The number of benzene rings is 3. The number of hydrogen-bond acceptors (Lipinski definition) is 3. The van der Waals surface area contributed by atoms with Crippen molar-refractivity contribution in [1.29, 1.82) is 0 Å². The van der Waals surface area contributed by atoms with Crippen LogP contribution in [0.25, 0.3) is 10.8 Å². The lowest BCUT2D eigenvalue weighted by Crippen LogP contribution is -2.48. The third-order valence-electron chi connectivity index (χ3n) is 5.30. The first kappa shape index (κ1) is 20.8. The minimum Gasteiger partial charge on any atom is -0.348 e. The number of rotatable bonds is 7. The van der Waals surface area contributed by atoms with Crippen LogP contribution in [0.1, 0.15) is 33.8 Å². The van der Waals surface area contributed by atoms with Gasteiger partial charge in [0.05, 0.1) is 10.9 Å². The van der Waals surface area contributed by atoms with Gasteiger partial charge in [-0.1, -0.05) is 78.9 Å². The molecule has 5 heteroatoms. The van der Waals surface area contributed by atoms with Gasteiger partial charge >= 0.3 is 0 Å². The Kier molecular flexibility index (Phi) is 6.43. The van der Waals surface area contributed by atoms with Gasteiger partial charge in [0.25, 0.3) is 5.91 Å². The maximum atomic E-state index is 13.3. The van der Waals surface area contributed by atoms with Crippen molar-refractivity contribution in [3.8, 4) is 0 Å². The van der Waals surface area contributed by atoms with Crippen LogP contribution in [0.3, 0.4) is 0 Å². The summed E-state index contributed by atoms with van der Waals surface area (Å²) in [5.74, 6) is -0.432. The van der Waals surface area contributed by atoms with Gasteiger partial charge in [-0.2, -0.15) is 0 Å². The van der Waals surface area contributed by atoms with Crippen LogP contribution < -0.4 is 10.6 Å². The highest BCUT2D eigenvalue weighted by atomic mass is 32.1. The first-order valence-electron chi connectivity index (χ1n) is 10.3. The Balaban J connectivity index is 1.55. The van der Waals surface area contributed by atoms with E-state index in [-0.39, 0.29) is 17.9 Å². The largest absolute Gasteiger partial charge is 0.348 e. The second-order valence-corrected chi connectivity index (χ2v) is 8.44. The molecule has 0 bridgehead atoms. The van der Waals surface area contributed by atoms with Gasteiger partial charge < -0.3 is 10.6 Å². The molecule has 2 atom stereocenters. The Labute approximate surface area is 185 Å². The quantitative estimate of drug-likeness (QED) is 0.429. The number of carbonyl (C=O) groups is 2. The molecule has 1 aromatic heterocycles. The van der Waals surface area contributed by atoms with Gasteiger partial charge in [-0.25, -0.2) is 0 Å². The van der Waals surface area contributed by atoms with Crippen molar-refractivity contribution in [2.75, 3.05) is 0 Å². The molecule has 2 unspecified atom stereocenters. The number of carbonyl (C=O) groups excluding carboxylic acids is 2. The van der Waals surface area contributed by atoms with E-state index in [0.29, 0.717) is 11.3 Å².